The summed E-state index contributed by atoms with van der Waals surface area (Å²) in [4.78, 5) is 23.3. The quantitative estimate of drug-likeness (QED) is 0.743. The van der Waals surface area contributed by atoms with Gasteiger partial charge in [0.15, 0.2) is 0 Å². The molecule has 3 rings (SSSR count). The zero-order chi connectivity index (χ0) is 13.6. The number of fused-ring (bicyclic) bond motifs is 5. The summed E-state index contributed by atoms with van der Waals surface area (Å²) in [7, 11) is 0. The van der Waals surface area contributed by atoms with Crippen LogP contribution >= 0.6 is 0 Å². The molecule has 2 N–H and O–H groups in total. The molecule has 19 heavy (non-hydrogen) atoms. The second kappa shape index (κ2) is 4.66. The van der Waals surface area contributed by atoms with Crippen molar-refractivity contribution in [2.45, 2.75) is 38.6 Å². The summed E-state index contributed by atoms with van der Waals surface area (Å²) >= 11 is 0. The van der Waals surface area contributed by atoms with Crippen LogP contribution in [0.1, 0.15) is 32.6 Å². The zero-order valence-electron chi connectivity index (χ0n) is 11.2. The Morgan fingerprint density at radius 3 is 2.47 bits per heavy atom. The van der Waals surface area contributed by atoms with Crippen LogP contribution in [-0.2, 0) is 9.59 Å². The highest BCUT2D eigenvalue weighted by Gasteiger charge is 2.67. The topological polar surface area (TPSA) is 66.4 Å². The molecule has 5 atom stereocenters. The highest BCUT2D eigenvalue weighted by atomic mass is 16.4. The van der Waals surface area contributed by atoms with E-state index < -0.39 is 12.0 Å². The van der Waals surface area contributed by atoms with Gasteiger partial charge in [-0.25, -0.2) is 4.79 Å². The van der Waals surface area contributed by atoms with Crippen molar-refractivity contribution in [2.75, 3.05) is 0 Å². The Hall–Kier alpha value is -1.32. The third-order valence-electron chi connectivity index (χ3n) is 5.26. The van der Waals surface area contributed by atoms with E-state index in [4.69, 9.17) is 5.11 Å². The molecule has 0 heterocycles. The summed E-state index contributed by atoms with van der Waals surface area (Å²) in [5.74, 6) is 1.75. The van der Waals surface area contributed by atoms with Crippen molar-refractivity contribution in [3.63, 3.8) is 0 Å². The molecule has 0 aromatic carbocycles. The van der Waals surface area contributed by atoms with Gasteiger partial charge in [-0.3, -0.25) is 4.79 Å². The second-order valence-corrected chi connectivity index (χ2v) is 6.22. The number of carboxylic acid groups (broad SMARTS) is 1. The average molecular weight is 263 g/mol. The number of carbonyl (C=O) groups excluding carboxylic acids is 1. The van der Waals surface area contributed by atoms with Crippen LogP contribution in [0.25, 0.3) is 0 Å². The molecule has 0 saturated heterocycles. The monoisotopic (exact) mass is 263 g/mol. The maximum absolute atomic E-state index is 12.2. The van der Waals surface area contributed by atoms with Crippen molar-refractivity contribution in [1.82, 2.24) is 5.32 Å². The van der Waals surface area contributed by atoms with E-state index in [1.165, 1.54) is 19.3 Å². The lowest BCUT2D eigenvalue weighted by Gasteiger charge is -2.14. The first-order valence-corrected chi connectivity index (χ1v) is 7.27. The molecule has 0 aliphatic heterocycles. The van der Waals surface area contributed by atoms with Gasteiger partial charge in [0.2, 0.25) is 5.91 Å². The van der Waals surface area contributed by atoms with Gasteiger partial charge in [-0.05, 0) is 56.3 Å². The largest absolute Gasteiger partial charge is 0.480 e. The zero-order valence-corrected chi connectivity index (χ0v) is 11.2. The fraction of sp³-hybridized carbons (Fsp3) is 0.733. The van der Waals surface area contributed by atoms with Gasteiger partial charge in [-0.1, -0.05) is 12.2 Å². The summed E-state index contributed by atoms with van der Waals surface area (Å²) in [6.07, 6.45) is 7.82. The van der Waals surface area contributed by atoms with E-state index in [1.54, 1.807) is 6.08 Å². The number of amides is 1. The molecular formula is C15H21NO3. The van der Waals surface area contributed by atoms with E-state index in [1.807, 2.05) is 13.0 Å². The summed E-state index contributed by atoms with van der Waals surface area (Å²) < 4.78 is 0. The van der Waals surface area contributed by atoms with E-state index in [9.17, 15) is 9.59 Å². The number of aliphatic carboxylic acids is 1. The van der Waals surface area contributed by atoms with E-state index >= 15 is 0 Å². The molecule has 3 fully saturated rings. The number of allylic oxidation sites excluding steroid dienone is 1. The molecule has 2 bridgehead atoms. The molecule has 3 saturated carbocycles. The van der Waals surface area contributed by atoms with E-state index in [0.717, 1.165) is 11.8 Å². The highest BCUT2D eigenvalue weighted by Crippen LogP contribution is 2.69. The third kappa shape index (κ3) is 2.07. The summed E-state index contributed by atoms with van der Waals surface area (Å²) in [6, 6.07) is -0.775. The normalized spacial score (nSPS) is 40.2. The minimum atomic E-state index is -0.944. The Morgan fingerprint density at radius 2 is 1.95 bits per heavy atom. The number of carbonyl (C=O) groups is 2. The molecule has 0 spiro atoms. The molecule has 3 aliphatic carbocycles. The summed E-state index contributed by atoms with van der Waals surface area (Å²) in [6.45, 7) is 1.85. The van der Waals surface area contributed by atoms with Gasteiger partial charge in [0.05, 0.1) is 0 Å². The standard InChI is InChI=1S/C15H21NO3/c1-2-3-4-10(15(18)19)16-14(17)13-11-8-5-6-9(7-8)12(11)13/h2-3,8-13H,4-7H2,1H3,(H,16,17)(H,18,19)/b3-2+. The Balaban J connectivity index is 1.58. The number of hydrogen-bond donors (Lipinski definition) is 2. The van der Waals surface area contributed by atoms with Crippen LogP contribution < -0.4 is 5.32 Å². The number of carboxylic acids is 1. The fourth-order valence-electron chi connectivity index (χ4n) is 4.44. The molecule has 4 heteroatoms. The van der Waals surface area contributed by atoms with Gasteiger partial charge >= 0.3 is 5.97 Å². The van der Waals surface area contributed by atoms with E-state index in [0.29, 0.717) is 18.3 Å². The van der Waals surface area contributed by atoms with Crippen molar-refractivity contribution in [3.05, 3.63) is 12.2 Å². The summed E-state index contributed by atoms with van der Waals surface area (Å²) in [5, 5.41) is 11.8. The first kappa shape index (κ1) is 12.7. The van der Waals surface area contributed by atoms with Crippen LogP contribution in [0.3, 0.4) is 0 Å². The van der Waals surface area contributed by atoms with Gasteiger partial charge in [0, 0.05) is 5.92 Å². The molecule has 0 radical (unpaired) electrons. The van der Waals surface area contributed by atoms with Gasteiger partial charge in [0.25, 0.3) is 0 Å². The van der Waals surface area contributed by atoms with Gasteiger partial charge in [0.1, 0.15) is 6.04 Å². The molecule has 5 unspecified atom stereocenters. The van der Waals surface area contributed by atoms with Crippen molar-refractivity contribution in [1.29, 1.82) is 0 Å². The number of nitrogens with one attached hydrogen (secondary N) is 1. The number of rotatable bonds is 5. The minimum Gasteiger partial charge on any atom is -0.480 e. The maximum atomic E-state index is 12.2. The Labute approximate surface area is 113 Å². The van der Waals surface area contributed by atoms with Crippen molar-refractivity contribution >= 4 is 11.9 Å². The first-order valence-electron chi connectivity index (χ1n) is 7.27. The van der Waals surface area contributed by atoms with Crippen LogP contribution in [0, 0.1) is 29.6 Å². The highest BCUT2D eigenvalue weighted by molar-refractivity contribution is 5.87. The first-order chi connectivity index (χ1) is 9.13. The van der Waals surface area contributed by atoms with Crippen LogP contribution in [0.5, 0.6) is 0 Å². The molecule has 0 aromatic rings. The lowest BCUT2D eigenvalue weighted by atomic mass is 10.0. The predicted molar refractivity (Wildman–Crippen MR) is 70.3 cm³/mol. The van der Waals surface area contributed by atoms with Crippen LogP contribution in [-0.4, -0.2) is 23.0 Å². The van der Waals surface area contributed by atoms with Gasteiger partial charge in [-0.2, -0.15) is 0 Å². The summed E-state index contributed by atoms with van der Waals surface area (Å²) in [5.41, 5.74) is 0. The molecule has 0 aromatic heterocycles. The van der Waals surface area contributed by atoms with Crippen molar-refractivity contribution in [2.24, 2.45) is 29.6 Å². The van der Waals surface area contributed by atoms with E-state index in [-0.39, 0.29) is 11.8 Å². The molecule has 104 valence electrons. The molecule has 1 amide bonds. The maximum Gasteiger partial charge on any atom is 0.326 e. The van der Waals surface area contributed by atoms with Gasteiger partial charge < -0.3 is 10.4 Å². The fourth-order valence-corrected chi connectivity index (χ4v) is 4.44. The van der Waals surface area contributed by atoms with Gasteiger partial charge in [-0.15, -0.1) is 0 Å². The van der Waals surface area contributed by atoms with E-state index in [2.05, 4.69) is 5.32 Å². The molecule has 4 nitrogen and oxygen atoms in total. The molecular weight excluding hydrogens is 242 g/mol. The lowest BCUT2D eigenvalue weighted by molar-refractivity contribution is -0.142. The average Bonchev–Trinajstić information content (AvgIpc) is 2.83. The minimum absolute atomic E-state index is 0.0245. The lowest BCUT2D eigenvalue weighted by Crippen LogP contribution is -2.42. The smallest absolute Gasteiger partial charge is 0.326 e. The Kier molecular flexibility index (Phi) is 3.11. The Bertz CT molecular complexity index is 415. The SMILES string of the molecule is C/C=C/CC(NC(=O)C1C2C3CCC(C3)C12)C(=O)O. The van der Waals surface area contributed by atoms with Crippen molar-refractivity contribution < 1.29 is 14.7 Å². The Morgan fingerprint density at radius 1 is 1.32 bits per heavy atom. The van der Waals surface area contributed by atoms with Crippen LogP contribution in [0.15, 0.2) is 12.2 Å². The second-order valence-electron chi connectivity index (χ2n) is 6.22. The van der Waals surface area contributed by atoms with Crippen LogP contribution in [0.4, 0.5) is 0 Å². The van der Waals surface area contributed by atoms with Crippen LogP contribution in [0.2, 0.25) is 0 Å². The third-order valence-corrected chi connectivity index (χ3v) is 5.26. The number of hydrogen-bond acceptors (Lipinski definition) is 2. The predicted octanol–water partition coefficient (Wildman–Crippen LogP) is 1.81. The molecule has 3 aliphatic rings. The van der Waals surface area contributed by atoms with Crippen molar-refractivity contribution in [3.8, 4) is 0 Å².